The van der Waals surface area contributed by atoms with Crippen LogP contribution >= 0.6 is 0 Å². The normalized spacial score (nSPS) is 12.0. The van der Waals surface area contributed by atoms with Gasteiger partial charge in [0.15, 0.2) is 0 Å². The zero-order chi connectivity index (χ0) is 17.6. The van der Waals surface area contributed by atoms with E-state index in [1.54, 1.807) is 26.0 Å². The van der Waals surface area contributed by atoms with E-state index in [0.29, 0.717) is 5.56 Å². The van der Waals surface area contributed by atoms with Crippen molar-refractivity contribution in [3.8, 4) is 0 Å². The van der Waals surface area contributed by atoms with Gasteiger partial charge >= 0.3 is 6.03 Å². The van der Waals surface area contributed by atoms with Gasteiger partial charge in [0.05, 0.1) is 11.4 Å². The maximum atomic E-state index is 12.3. The van der Waals surface area contributed by atoms with Gasteiger partial charge in [0.1, 0.15) is 0 Å². The van der Waals surface area contributed by atoms with E-state index < -0.39 is 29.0 Å². The molecule has 0 aromatic heterocycles. The SMILES string of the molecule is CC(C)N(C)S(=O)(=O)c1ccc(CNC(=O)NCC(F)F)cc1. The number of hydrogen-bond acceptors (Lipinski definition) is 3. The maximum absolute atomic E-state index is 12.3. The molecular weight excluding hydrogens is 328 g/mol. The number of rotatable bonds is 7. The number of carbonyl (C=O) groups is 1. The summed E-state index contributed by atoms with van der Waals surface area (Å²) >= 11 is 0. The summed E-state index contributed by atoms with van der Waals surface area (Å²) in [6, 6.07) is 5.15. The Morgan fingerprint density at radius 1 is 1.17 bits per heavy atom. The van der Waals surface area contributed by atoms with Crippen LogP contribution in [0.4, 0.5) is 13.6 Å². The predicted octanol–water partition coefficient (Wildman–Crippen LogP) is 1.78. The Morgan fingerprint density at radius 3 is 2.22 bits per heavy atom. The topological polar surface area (TPSA) is 78.5 Å². The van der Waals surface area contributed by atoms with Crippen molar-refractivity contribution in [3.05, 3.63) is 29.8 Å². The predicted molar refractivity (Wildman–Crippen MR) is 82.8 cm³/mol. The summed E-state index contributed by atoms with van der Waals surface area (Å²) in [5.74, 6) is 0. The van der Waals surface area contributed by atoms with Crippen LogP contribution in [0.2, 0.25) is 0 Å². The van der Waals surface area contributed by atoms with Gasteiger partial charge in [-0.15, -0.1) is 0 Å². The molecule has 1 aromatic carbocycles. The van der Waals surface area contributed by atoms with Crippen molar-refractivity contribution in [2.45, 2.75) is 37.8 Å². The monoisotopic (exact) mass is 349 g/mol. The van der Waals surface area contributed by atoms with E-state index in [9.17, 15) is 22.0 Å². The van der Waals surface area contributed by atoms with Gasteiger partial charge in [0, 0.05) is 19.6 Å². The van der Waals surface area contributed by atoms with Crippen LogP contribution in [0, 0.1) is 0 Å². The molecule has 2 N–H and O–H groups in total. The zero-order valence-corrected chi connectivity index (χ0v) is 14.0. The lowest BCUT2D eigenvalue weighted by atomic mass is 10.2. The molecule has 0 aliphatic heterocycles. The Morgan fingerprint density at radius 2 is 1.74 bits per heavy atom. The van der Waals surface area contributed by atoms with E-state index in [1.165, 1.54) is 23.5 Å². The minimum Gasteiger partial charge on any atom is -0.334 e. The number of amides is 2. The summed E-state index contributed by atoms with van der Waals surface area (Å²) in [7, 11) is -2.05. The first kappa shape index (κ1) is 19.3. The van der Waals surface area contributed by atoms with Crippen molar-refractivity contribution < 1.29 is 22.0 Å². The van der Waals surface area contributed by atoms with E-state index in [2.05, 4.69) is 5.32 Å². The van der Waals surface area contributed by atoms with Crippen LogP contribution in [0.5, 0.6) is 0 Å². The summed E-state index contributed by atoms with van der Waals surface area (Å²) in [5, 5.41) is 4.42. The maximum Gasteiger partial charge on any atom is 0.315 e. The molecule has 2 amide bonds. The third-order valence-electron chi connectivity index (χ3n) is 3.20. The first-order valence-electron chi connectivity index (χ1n) is 7.01. The van der Waals surface area contributed by atoms with E-state index in [0.717, 1.165) is 0 Å². The van der Waals surface area contributed by atoms with Crippen LogP contribution in [-0.2, 0) is 16.6 Å². The third-order valence-corrected chi connectivity index (χ3v) is 5.25. The molecule has 0 atom stereocenters. The van der Waals surface area contributed by atoms with Crippen LogP contribution in [0.1, 0.15) is 19.4 Å². The number of benzene rings is 1. The minimum atomic E-state index is -3.55. The van der Waals surface area contributed by atoms with Crippen molar-refractivity contribution in [2.75, 3.05) is 13.6 Å². The van der Waals surface area contributed by atoms with Crippen LogP contribution in [0.15, 0.2) is 29.2 Å². The highest BCUT2D eigenvalue weighted by molar-refractivity contribution is 7.89. The van der Waals surface area contributed by atoms with E-state index >= 15 is 0 Å². The molecule has 1 rings (SSSR count). The van der Waals surface area contributed by atoms with Crippen LogP contribution in [-0.4, -0.2) is 44.8 Å². The molecule has 0 heterocycles. The molecule has 6 nitrogen and oxygen atoms in total. The molecule has 0 radical (unpaired) electrons. The highest BCUT2D eigenvalue weighted by Gasteiger charge is 2.22. The van der Waals surface area contributed by atoms with Crippen LogP contribution in [0.25, 0.3) is 0 Å². The fourth-order valence-corrected chi connectivity index (χ4v) is 3.01. The molecule has 0 aliphatic rings. The number of sulfonamides is 1. The summed E-state index contributed by atoms with van der Waals surface area (Å²) in [4.78, 5) is 11.4. The van der Waals surface area contributed by atoms with Crippen molar-refractivity contribution in [3.63, 3.8) is 0 Å². The molecule has 1 aromatic rings. The second kappa shape index (κ2) is 8.21. The van der Waals surface area contributed by atoms with Crippen molar-refractivity contribution >= 4 is 16.1 Å². The van der Waals surface area contributed by atoms with E-state index in [1.807, 2.05) is 5.32 Å². The van der Waals surface area contributed by atoms with E-state index in [-0.39, 0.29) is 17.5 Å². The third kappa shape index (κ3) is 5.76. The summed E-state index contributed by atoms with van der Waals surface area (Å²) in [5.41, 5.74) is 0.656. The Balaban J connectivity index is 2.65. The molecular formula is C14H21F2N3O3S. The molecule has 0 bridgehead atoms. The average molecular weight is 349 g/mol. The van der Waals surface area contributed by atoms with Crippen molar-refractivity contribution in [2.24, 2.45) is 0 Å². The van der Waals surface area contributed by atoms with Crippen LogP contribution in [0.3, 0.4) is 0 Å². The number of alkyl halides is 2. The van der Waals surface area contributed by atoms with Gasteiger partial charge < -0.3 is 10.6 Å². The van der Waals surface area contributed by atoms with Gasteiger partial charge in [0.2, 0.25) is 10.0 Å². The standard InChI is InChI=1S/C14H21F2N3O3S/c1-10(2)19(3)23(21,22)12-6-4-11(5-7-12)8-17-14(20)18-9-13(15)16/h4-7,10,13H,8-9H2,1-3H3,(H2,17,18,20). The van der Waals surface area contributed by atoms with Gasteiger partial charge in [0.25, 0.3) is 6.43 Å². The zero-order valence-electron chi connectivity index (χ0n) is 13.2. The van der Waals surface area contributed by atoms with Crippen molar-refractivity contribution in [1.29, 1.82) is 0 Å². The molecule has 23 heavy (non-hydrogen) atoms. The first-order valence-corrected chi connectivity index (χ1v) is 8.45. The minimum absolute atomic E-state index is 0.107. The lowest BCUT2D eigenvalue weighted by Crippen LogP contribution is -2.37. The molecule has 0 unspecified atom stereocenters. The molecule has 0 fully saturated rings. The van der Waals surface area contributed by atoms with Crippen LogP contribution < -0.4 is 10.6 Å². The lowest BCUT2D eigenvalue weighted by Gasteiger charge is -2.21. The van der Waals surface area contributed by atoms with Gasteiger partial charge in [-0.2, -0.15) is 4.31 Å². The lowest BCUT2D eigenvalue weighted by molar-refractivity contribution is 0.146. The summed E-state index contributed by atoms with van der Waals surface area (Å²) in [6.07, 6.45) is -2.61. The highest BCUT2D eigenvalue weighted by atomic mass is 32.2. The second-order valence-electron chi connectivity index (χ2n) is 5.21. The number of carbonyl (C=O) groups excluding carboxylic acids is 1. The largest absolute Gasteiger partial charge is 0.334 e. The quantitative estimate of drug-likeness (QED) is 0.788. The molecule has 130 valence electrons. The van der Waals surface area contributed by atoms with E-state index in [4.69, 9.17) is 0 Å². The second-order valence-corrected chi connectivity index (χ2v) is 7.21. The van der Waals surface area contributed by atoms with Gasteiger partial charge in [-0.1, -0.05) is 12.1 Å². The Hall–Kier alpha value is -1.74. The summed E-state index contributed by atoms with van der Waals surface area (Å²) < 4.78 is 49.7. The Bertz CT molecular complexity index is 619. The number of halogens is 2. The Kier molecular flexibility index (Phi) is 6.89. The molecule has 0 spiro atoms. The average Bonchev–Trinajstić information content (AvgIpc) is 2.50. The molecule has 0 saturated heterocycles. The van der Waals surface area contributed by atoms with Gasteiger partial charge in [-0.3, -0.25) is 0 Å². The fraction of sp³-hybridized carbons (Fsp3) is 0.500. The number of urea groups is 1. The fourth-order valence-electron chi connectivity index (χ4n) is 1.64. The summed E-state index contributed by atoms with van der Waals surface area (Å²) in [6.45, 7) is 2.93. The molecule has 0 aliphatic carbocycles. The number of nitrogens with one attached hydrogen (secondary N) is 2. The number of hydrogen-bond donors (Lipinski definition) is 2. The highest BCUT2D eigenvalue weighted by Crippen LogP contribution is 2.17. The molecule has 9 heteroatoms. The Labute approximate surface area is 134 Å². The number of nitrogens with zero attached hydrogens (tertiary/aromatic N) is 1. The smallest absolute Gasteiger partial charge is 0.315 e. The van der Waals surface area contributed by atoms with Gasteiger partial charge in [-0.25, -0.2) is 22.0 Å². The first-order chi connectivity index (χ1) is 10.6. The van der Waals surface area contributed by atoms with Gasteiger partial charge in [-0.05, 0) is 31.5 Å². The molecule has 0 saturated carbocycles. The van der Waals surface area contributed by atoms with Crippen molar-refractivity contribution in [1.82, 2.24) is 14.9 Å².